The number of hydrazine groups is 1. The molecule has 0 fully saturated rings. The third kappa shape index (κ3) is 2.63. The Hall–Kier alpha value is -3.06. The van der Waals surface area contributed by atoms with Crippen LogP contribution in [0.2, 0.25) is 0 Å². The molecule has 2 aromatic rings. The fraction of sp³-hybridized carbons (Fsp3) is 0. The lowest BCUT2D eigenvalue weighted by molar-refractivity contribution is 0.0942. The Bertz CT molecular complexity index is 704. The van der Waals surface area contributed by atoms with E-state index in [0.717, 1.165) is 12.1 Å². The molecular formula is C14H12N2O5. The van der Waals surface area contributed by atoms with E-state index in [1.54, 1.807) is 12.1 Å². The van der Waals surface area contributed by atoms with Crippen molar-refractivity contribution in [3.63, 3.8) is 0 Å². The minimum Gasteiger partial charge on any atom is -0.504 e. The molecule has 21 heavy (non-hydrogen) atoms. The summed E-state index contributed by atoms with van der Waals surface area (Å²) in [5.41, 5.74) is 1.95. The summed E-state index contributed by atoms with van der Waals surface area (Å²) < 4.78 is 0. The van der Waals surface area contributed by atoms with Gasteiger partial charge in [0.05, 0.1) is 5.56 Å². The van der Waals surface area contributed by atoms with Gasteiger partial charge in [0, 0.05) is 11.1 Å². The summed E-state index contributed by atoms with van der Waals surface area (Å²) in [4.78, 5) is 24.0. The molecule has 0 saturated heterocycles. The Balaban J connectivity index is 2.53. The third-order valence-electron chi connectivity index (χ3n) is 2.88. The molecule has 0 aliphatic carbocycles. The van der Waals surface area contributed by atoms with E-state index in [0.29, 0.717) is 0 Å². The first-order chi connectivity index (χ1) is 9.95. The number of ketones is 1. The highest BCUT2D eigenvalue weighted by Gasteiger charge is 2.20. The van der Waals surface area contributed by atoms with E-state index in [4.69, 9.17) is 5.84 Å². The molecule has 1 amide bonds. The van der Waals surface area contributed by atoms with Crippen molar-refractivity contribution >= 4 is 11.7 Å². The number of nitrogens with two attached hydrogens (primary N) is 1. The summed E-state index contributed by atoms with van der Waals surface area (Å²) >= 11 is 0. The van der Waals surface area contributed by atoms with Crippen LogP contribution in [-0.4, -0.2) is 27.0 Å². The molecule has 2 aromatic carbocycles. The number of benzene rings is 2. The van der Waals surface area contributed by atoms with Crippen molar-refractivity contribution in [3.05, 3.63) is 53.1 Å². The van der Waals surface area contributed by atoms with E-state index in [-0.39, 0.29) is 16.7 Å². The molecule has 108 valence electrons. The zero-order valence-electron chi connectivity index (χ0n) is 10.7. The van der Waals surface area contributed by atoms with Gasteiger partial charge < -0.3 is 15.3 Å². The molecule has 0 heterocycles. The van der Waals surface area contributed by atoms with Crippen molar-refractivity contribution in [1.29, 1.82) is 0 Å². The maximum atomic E-state index is 12.4. The van der Waals surface area contributed by atoms with Gasteiger partial charge in [-0.2, -0.15) is 0 Å². The molecule has 0 atom stereocenters. The zero-order chi connectivity index (χ0) is 15.6. The number of carbonyl (C=O) groups excluding carboxylic acids is 2. The topological polar surface area (TPSA) is 133 Å². The van der Waals surface area contributed by atoms with Crippen LogP contribution in [0.5, 0.6) is 17.2 Å². The SMILES string of the molecule is NNC(=O)c1ccccc1C(=O)c1cc(O)c(O)c(O)c1. The van der Waals surface area contributed by atoms with Crippen molar-refractivity contribution in [2.24, 2.45) is 5.84 Å². The number of nitrogens with one attached hydrogen (secondary N) is 1. The van der Waals surface area contributed by atoms with E-state index < -0.39 is 28.9 Å². The second kappa shape index (κ2) is 5.51. The molecule has 7 nitrogen and oxygen atoms in total. The minimum atomic E-state index is -0.723. The highest BCUT2D eigenvalue weighted by atomic mass is 16.3. The molecule has 0 saturated carbocycles. The standard InChI is InChI=1S/C14H12N2O5/c15-16-14(21)9-4-2-1-3-8(9)12(19)7-5-10(17)13(20)11(18)6-7/h1-6,17-18,20H,15H2,(H,16,21). The van der Waals surface area contributed by atoms with Gasteiger partial charge in [-0.15, -0.1) is 0 Å². The molecule has 2 rings (SSSR count). The van der Waals surface area contributed by atoms with Gasteiger partial charge in [0.1, 0.15) is 0 Å². The Morgan fingerprint density at radius 3 is 2.00 bits per heavy atom. The van der Waals surface area contributed by atoms with E-state index >= 15 is 0 Å². The van der Waals surface area contributed by atoms with Crippen LogP contribution in [0.4, 0.5) is 0 Å². The summed E-state index contributed by atoms with van der Waals surface area (Å²) in [5, 5.41) is 28.2. The van der Waals surface area contributed by atoms with Crippen molar-refractivity contribution in [3.8, 4) is 17.2 Å². The molecule has 0 aromatic heterocycles. The van der Waals surface area contributed by atoms with Crippen LogP contribution in [0.15, 0.2) is 36.4 Å². The lowest BCUT2D eigenvalue weighted by atomic mass is 9.97. The second-order valence-corrected chi connectivity index (χ2v) is 4.21. The highest BCUT2D eigenvalue weighted by molar-refractivity contribution is 6.15. The van der Waals surface area contributed by atoms with Gasteiger partial charge in [-0.05, 0) is 18.2 Å². The third-order valence-corrected chi connectivity index (χ3v) is 2.88. The van der Waals surface area contributed by atoms with Gasteiger partial charge in [-0.3, -0.25) is 15.0 Å². The smallest absolute Gasteiger partial charge is 0.265 e. The maximum Gasteiger partial charge on any atom is 0.265 e. The monoisotopic (exact) mass is 288 g/mol. The first-order valence-corrected chi connectivity index (χ1v) is 5.85. The number of aromatic hydroxyl groups is 3. The van der Waals surface area contributed by atoms with Crippen molar-refractivity contribution in [1.82, 2.24) is 5.43 Å². The molecule has 0 radical (unpaired) electrons. The summed E-state index contributed by atoms with van der Waals surface area (Å²) in [5.74, 6) is 1.80. The first-order valence-electron chi connectivity index (χ1n) is 5.85. The van der Waals surface area contributed by atoms with Crippen LogP contribution in [0.3, 0.4) is 0 Å². The summed E-state index contributed by atoms with van der Waals surface area (Å²) in [7, 11) is 0. The molecule has 0 spiro atoms. The molecule has 0 aliphatic rings. The molecule has 6 N–H and O–H groups in total. The predicted octanol–water partition coefficient (Wildman–Crippen LogP) is 0.638. The summed E-state index contributed by atoms with van der Waals surface area (Å²) in [6.07, 6.45) is 0. The summed E-state index contributed by atoms with van der Waals surface area (Å²) in [6.45, 7) is 0. The van der Waals surface area contributed by atoms with Gasteiger partial charge in [0.25, 0.3) is 5.91 Å². The number of carbonyl (C=O) groups is 2. The van der Waals surface area contributed by atoms with Gasteiger partial charge >= 0.3 is 0 Å². The number of phenolic OH excluding ortho intramolecular Hbond substituents is 3. The van der Waals surface area contributed by atoms with E-state index in [9.17, 15) is 24.9 Å². The lowest BCUT2D eigenvalue weighted by Crippen LogP contribution is -2.31. The van der Waals surface area contributed by atoms with Crippen molar-refractivity contribution < 1.29 is 24.9 Å². The van der Waals surface area contributed by atoms with E-state index in [1.807, 2.05) is 5.43 Å². The first kappa shape index (κ1) is 14.4. The Kier molecular flexibility index (Phi) is 3.77. The van der Waals surface area contributed by atoms with Crippen LogP contribution in [0.1, 0.15) is 26.3 Å². The Morgan fingerprint density at radius 2 is 1.48 bits per heavy atom. The fourth-order valence-electron chi connectivity index (χ4n) is 1.85. The number of amides is 1. The van der Waals surface area contributed by atoms with Gasteiger partial charge in [-0.25, -0.2) is 5.84 Å². The number of rotatable bonds is 3. The Labute approximate surface area is 119 Å². The van der Waals surface area contributed by atoms with Crippen LogP contribution < -0.4 is 11.3 Å². The molecule has 0 unspecified atom stereocenters. The maximum absolute atomic E-state index is 12.4. The van der Waals surface area contributed by atoms with Gasteiger partial charge in [-0.1, -0.05) is 18.2 Å². The lowest BCUT2D eigenvalue weighted by Gasteiger charge is -2.09. The quantitative estimate of drug-likeness (QED) is 0.185. The van der Waals surface area contributed by atoms with Crippen LogP contribution >= 0.6 is 0 Å². The van der Waals surface area contributed by atoms with Crippen molar-refractivity contribution in [2.75, 3.05) is 0 Å². The average Bonchev–Trinajstić information content (AvgIpc) is 2.50. The minimum absolute atomic E-state index is 0.0462. The number of phenols is 3. The zero-order valence-corrected chi connectivity index (χ0v) is 10.7. The highest BCUT2D eigenvalue weighted by Crippen LogP contribution is 2.36. The Morgan fingerprint density at radius 1 is 0.952 bits per heavy atom. The van der Waals surface area contributed by atoms with Gasteiger partial charge in [0.15, 0.2) is 23.0 Å². The van der Waals surface area contributed by atoms with Crippen molar-refractivity contribution in [2.45, 2.75) is 0 Å². The van der Waals surface area contributed by atoms with Crippen LogP contribution in [-0.2, 0) is 0 Å². The fourth-order valence-corrected chi connectivity index (χ4v) is 1.85. The van der Waals surface area contributed by atoms with Gasteiger partial charge in [0.2, 0.25) is 0 Å². The largest absolute Gasteiger partial charge is 0.504 e. The molecule has 0 aliphatic heterocycles. The number of nitrogen functional groups attached to an aromatic ring is 1. The van der Waals surface area contributed by atoms with Crippen LogP contribution in [0, 0.1) is 0 Å². The van der Waals surface area contributed by atoms with E-state index in [2.05, 4.69) is 0 Å². The second-order valence-electron chi connectivity index (χ2n) is 4.21. The average molecular weight is 288 g/mol. The molecular weight excluding hydrogens is 276 g/mol. The van der Waals surface area contributed by atoms with E-state index in [1.165, 1.54) is 12.1 Å². The summed E-state index contributed by atoms with van der Waals surface area (Å²) in [6, 6.07) is 7.93. The predicted molar refractivity (Wildman–Crippen MR) is 73.0 cm³/mol. The molecule has 0 bridgehead atoms. The normalized spacial score (nSPS) is 10.1. The molecule has 7 heteroatoms. The number of hydrogen-bond donors (Lipinski definition) is 5. The number of hydrogen-bond acceptors (Lipinski definition) is 6. The van der Waals surface area contributed by atoms with Crippen LogP contribution in [0.25, 0.3) is 0 Å².